The van der Waals surface area contributed by atoms with E-state index in [0.717, 1.165) is 71.8 Å². The Morgan fingerprint density at radius 1 is 0.358 bits per heavy atom. The Balaban J connectivity index is 1.22. The molecule has 0 bridgehead atoms. The quantitative estimate of drug-likeness (QED) is 0.183. The zero-order valence-corrected chi connectivity index (χ0v) is 28.6. The lowest BCUT2D eigenvalue weighted by atomic mass is 10.0. The highest BCUT2D eigenvalue weighted by Crippen LogP contribution is 2.45. The predicted octanol–water partition coefficient (Wildman–Crippen LogP) is 12.5. The topological polar surface area (TPSA) is 38.6 Å². The van der Waals surface area contributed by atoms with Crippen LogP contribution in [0.3, 0.4) is 0 Å². The van der Waals surface area contributed by atoms with Crippen molar-refractivity contribution in [1.29, 1.82) is 5.26 Å². The molecule has 0 aliphatic rings. The van der Waals surface area contributed by atoms with Gasteiger partial charge in [-0.2, -0.15) is 5.26 Å². The molecular formula is C49H30N4. The van der Waals surface area contributed by atoms with Gasteiger partial charge in [-0.1, -0.05) is 103 Å². The Kier molecular flexibility index (Phi) is 6.28. The van der Waals surface area contributed by atoms with Crippen molar-refractivity contribution in [3.8, 4) is 34.3 Å². The van der Waals surface area contributed by atoms with E-state index in [4.69, 9.17) is 0 Å². The summed E-state index contributed by atoms with van der Waals surface area (Å²) in [6.07, 6.45) is 0. The van der Waals surface area contributed by atoms with E-state index in [1.54, 1.807) is 0 Å². The molecule has 4 heteroatoms. The van der Waals surface area contributed by atoms with Crippen LogP contribution in [0, 0.1) is 11.3 Å². The summed E-state index contributed by atoms with van der Waals surface area (Å²) in [5.41, 5.74) is 13.0. The number of aromatic nitrogens is 3. The number of fused-ring (bicyclic) bond motifs is 10. The van der Waals surface area contributed by atoms with Crippen molar-refractivity contribution >= 4 is 65.4 Å². The standard InChI is InChI=1S/C49H30N4/c50-31-33-14-13-25-44-47(33)49-46(52(44)35-17-5-2-6-18-35)29-28-45-48(49)38-21-9-12-24-42(38)53(45)40-22-10-7-19-36(40)32-26-27-43-39(30-32)37-20-8-11-23-41(37)51(43)34-15-3-1-4-16-34/h1-30H. The molecule has 0 N–H and O–H groups in total. The first-order valence-corrected chi connectivity index (χ1v) is 17.9. The van der Waals surface area contributed by atoms with Crippen molar-refractivity contribution in [2.24, 2.45) is 0 Å². The summed E-state index contributed by atoms with van der Waals surface area (Å²) in [5.74, 6) is 0. The summed E-state index contributed by atoms with van der Waals surface area (Å²) < 4.78 is 7.07. The van der Waals surface area contributed by atoms with Crippen LogP contribution in [0.4, 0.5) is 0 Å². The van der Waals surface area contributed by atoms with Crippen LogP contribution < -0.4 is 0 Å². The highest BCUT2D eigenvalue weighted by atomic mass is 15.0. The highest BCUT2D eigenvalue weighted by Gasteiger charge is 2.23. The Labute approximate surface area is 305 Å². The van der Waals surface area contributed by atoms with Crippen LogP contribution in [0.15, 0.2) is 182 Å². The van der Waals surface area contributed by atoms with Gasteiger partial charge in [0, 0.05) is 49.3 Å². The third kappa shape index (κ3) is 4.16. The van der Waals surface area contributed by atoms with Crippen LogP contribution in [0.1, 0.15) is 5.56 Å². The molecule has 0 fully saturated rings. The van der Waals surface area contributed by atoms with Crippen molar-refractivity contribution < 1.29 is 0 Å². The monoisotopic (exact) mass is 674 g/mol. The van der Waals surface area contributed by atoms with E-state index in [2.05, 4.69) is 184 Å². The molecule has 53 heavy (non-hydrogen) atoms. The molecule has 0 aliphatic carbocycles. The number of nitriles is 1. The smallest absolute Gasteiger partial charge is 0.0998 e. The summed E-state index contributed by atoms with van der Waals surface area (Å²) >= 11 is 0. The lowest BCUT2D eigenvalue weighted by molar-refractivity contribution is 1.17. The molecule has 0 atom stereocenters. The lowest BCUT2D eigenvalue weighted by Gasteiger charge is -2.15. The SMILES string of the molecule is N#Cc1cccc2c1c1c3c4ccccc4n(-c4ccccc4-c4ccc5c(c4)c4ccccc4n5-c4ccccc4)c3ccc1n2-c1ccccc1. The minimum Gasteiger partial charge on any atom is -0.309 e. The van der Waals surface area contributed by atoms with Gasteiger partial charge in [0.25, 0.3) is 0 Å². The zero-order chi connectivity index (χ0) is 35.0. The first-order chi connectivity index (χ1) is 26.3. The first kappa shape index (κ1) is 29.4. The van der Waals surface area contributed by atoms with Gasteiger partial charge in [0.1, 0.15) is 0 Å². The average molecular weight is 675 g/mol. The van der Waals surface area contributed by atoms with E-state index in [-0.39, 0.29) is 0 Å². The van der Waals surface area contributed by atoms with Gasteiger partial charge in [-0.3, -0.25) is 0 Å². The van der Waals surface area contributed by atoms with Crippen LogP contribution >= 0.6 is 0 Å². The number of hydrogen-bond acceptors (Lipinski definition) is 1. The van der Waals surface area contributed by atoms with Gasteiger partial charge in [0.05, 0.1) is 50.4 Å². The van der Waals surface area contributed by atoms with Gasteiger partial charge in [-0.15, -0.1) is 0 Å². The van der Waals surface area contributed by atoms with Crippen LogP contribution in [0.2, 0.25) is 0 Å². The van der Waals surface area contributed by atoms with E-state index < -0.39 is 0 Å². The minimum atomic E-state index is 0.676. The van der Waals surface area contributed by atoms with Crippen LogP contribution in [0.25, 0.3) is 93.6 Å². The van der Waals surface area contributed by atoms with Gasteiger partial charge in [0.2, 0.25) is 0 Å². The summed E-state index contributed by atoms with van der Waals surface area (Å²) in [6, 6.07) is 67.1. The second kappa shape index (κ2) is 11.3. The number of benzene rings is 8. The maximum atomic E-state index is 10.4. The molecule has 0 saturated carbocycles. The molecule has 0 unspecified atom stereocenters. The maximum Gasteiger partial charge on any atom is 0.0998 e. The van der Waals surface area contributed by atoms with E-state index in [9.17, 15) is 5.26 Å². The number of rotatable bonds is 4. The molecule has 4 nitrogen and oxygen atoms in total. The van der Waals surface area contributed by atoms with E-state index >= 15 is 0 Å². The summed E-state index contributed by atoms with van der Waals surface area (Å²) in [7, 11) is 0. The fourth-order valence-electron chi connectivity index (χ4n) is 8.72. The third-order valence-corrected chi connectivity index (χ3v) is 10.9. The number of para-hydroxylation sites is 5. The Hall–Kier alpha value is -7.35. The molecule has 246 valence electrons. The van der Waals surface area contributed by atoms with Gasteiger partial charge < -0.3 is 13.7 Å². The fraction of sp³-hybridized carbons (Fsp3) is 0. The van der Waals surface area contributed by atoms with Crippen LogP contribution in [-0.2, 0) is 0 Å². The van der Waals surface area contributed by atoms with Crippen molar-refractivity contribution in [2.45, 2.75) is 0 Å². The lowest BCUT2D eigenvalue weighted by Crippen LogP contribution is -1.97. The molecule has 3 aromatic heterocycles. The van der Waals surface area contributed by atoms with Crippen molar-refractivity contribution in [2.75, 3.05) is 0 Å². The first-order valence-electron chi connectivity index (χ1n) is 17.9. The van der Waals surface area contributed by atoms with Crippen LogP contribution in [-0.4, -0.2) is 13.7 Å². The van der Waals surface area contributed by atoms with E-state index in [1.807, 2.05) is 18.2 Å². The molecular weight excluding hydrogens is 645 g/mol. The summed E-state index contributed by atoms with van der Waals surface area (Å²) in [5, 5.41) is 17.3. The van der Waals surface area contributed by atoms with Crippen LogP contribution in [0.5, 0.6) is 0 Å². The van der Waals surface area contributed by atoms with Gasteiger partial charge in [-0.25, -0.2) is 0 Å². The highest BCUT2D eigenvalue weighted by molar-refractivity contribution is 6.30. The molecule has 11 aromatic rings. The molecule has 8 aromatic carbocycles. The van der Waals surface area contributed by atoms with Gasteiger partial charge >= 0.3 is 0 Å². The number of nitrogens with zero attached hydrogens (tertiary/aromatic N) is 4. The Bertz CT molecular complexity index is 3280. The summed E-state index contributed by atoms with van der Waals surface area (Å²) in [6.45, 7) is 0. The fourth-order valence-corrected chi connectivity index (χ4v) is 8.72. The predicted molar refractivity (Wildman–Crippen MR) is 220 cm³/mol. The molecule has 0 aliphatic heterocycles. The van der Waals surface area contributed by atoms with Crippen molar-refractivity contribution in [3.05, 3.63) is 188 Å². The zero-order valence-electron chi connectivity index (χ0n) is 28.6. The molecule has 11 rings (SSSR count). The van der Waals surface area contributed by atoms with E-state index in [0.29, 0.717) is 5.56 Å². The van der Waals surface area contributed by atoms with Crippen molar-refractivity contribution in [1.82, 2.24) is 13.7 Å². The molecule has 0 spiro atoms. The van der Waals surface area contributed by atoms with Gasteiger partial charge in [0.15, 0.2) is 0 Å². The van der Waals surface area contributed by atoms with Gasteiger partial charge in [-0.05, 0) is 84.4 Å². The minimum absolute atomic E-state index is 0.676. The maximum absolute atomic E-state index is 10.4. The van der Waals surface area contributed by atoms with Crippen molar-refractivity contribution in [3.63, 3.8) is 0 Å². The second-order valence-electron chi connectivity index (χ2n) is 13.6. The summed E-state index contributed by atoms with van der Waals surface area (Å²) in [4.78, 5) is 0. The Morgan fingerprint density at radius 3 is 1.62 bits per heavy atom. The average Bonchev–Trinajstić information content (AvgIpc) is 3.87. The van der Waals surface area contributed by atoms with E-state index in [1.165, 1.54) is 21.8 Å². The molecule has 0 radical (unpaired) electrons. The largest absolute Gasteiger partial charge is 0.309 e. The number of hydrogen-bond donors (Lipinski definition) is 0. The Morgan fingerprint density at radius 2 is 0.887 bits per heavy atom. The molecule has 0 saturated heterocycles. The normalized spacial score (nSPS) is 11.8. The third-order valence-electron chi connectivity index (χ3n) is 10.9. The second-order valence-corrected chi connectivity index (χ2v) is 13.6. The molecule has 0 amide bonds. The molecule has 3 heterocycles.